The van der Waals surface area contributed by atoms with E-state index in [1.807, 2.05) is 4.90 Å². The lowest BCUT2D eigenvalue weighted by atomic mass is 10.0. The maximum Gasteiger partial charge on any atom is 0.252 e. The maximum absolute atomic E-state index is 12.5. The van der Waals surface area contributed by atoms with Gasteiger partial charge in [-0.05, 0) is 31.4 Å². The minimum Gasteiger partial charge on any atom is -0.368 e. The molecule has 3 heterocycles. The first-order chi connectivity index (χ1) is 10.2. The number of carbonyl (C=O) groups excluding carboxylic acids is 1. The summed E-state index contributed by atoms with van der Waals surface area (Å²) in [5, 5.41) is 1.25. The zero-order chi connectivity index (χ0) is 14.4. The molecule has 4 nitrogen and oxygen atoms in total. The van der Waals surface area contributed by atoms with Gasteiger partial charge in [0.2, 0.25) is 0 Å². The van der Waals surface area contributed by atoms with Crippen LogP contribution in [-0.4, -0.2) is 35.0 Å². The van der Waals surface area contributed by atoms with Crippen molar-refractivity contribution in [2.24, 2.45) is 0 Å². The molecule has 4 rings (SSSR count). The zero-order valence-electron chi connectivity index (χ0n) is 12.3. The lowest BCUT2D eigenvalue weighted by Gasteiger charge is -2.29. The summed E-state index contributed by atoms with van der Waals surface area (Å²) < 4.78 is 5.54. The van der Waals surface area contributed by atoms with Gasteiger partial charge in [0.05, 0.1) is 0 Å². The van der Waals surface area contributed by atoms with Gasteiger partial charge in [0.1, 0.15) is 6.10 Å². The van der Waals surface area contributed by atoms with Gasteiger partial charge in [-0.2, -0.15) is 0 Å². The normalized spacial score (nSPS) is 21.8. The molecular weight excluding hydrogens is 264 g/mol. The quantitative estimate of drug-likeness (QED) is 0.874. The molecule has 1 fully saturated rings. The number of benzene rings is 1. The third-order valence-corrected chi connectivity index (χ3v) is 4.65. The van der Waals surface area contributed by atoms with Crippen LogP contribution < -0.4 is 0 Å². The van der Waals surface area contributed by atoms with E-state index in [4.69, 9.17) is 4.74 Å². The molecule has 0 saturated carbocycles. The van der Waals surface area contributed by atoms with E-state index in [2.05, 4.69) is 30.1 Å². The summed E-state index contributed by atoms with van der Waals surface area (Å²) in [7, 11) is 0. The van der Waals surface area contributed by atoms with Gasteiger partial charge in [-0.25, -0.2) is 0 Å². The maximum atomic E-state index is 12.5. The van der Waals surface area contributed by atoms with Gasteiger partial charge < -0.3 is 14.6 Å². The van der Waals surface area contributed by atoms with Crippen molar-refractivity contribution >= 4 is 16.8 Å². The van der Waals surface area contributed by atoms with Crippen LogP contribution in [0.1, 0.15) is 29.7 Å². The molecule has 21 heavy (non-hydrogen) atoms. The number of nitrogens with zero attached hydrogens (tertiary/aromatic N) is 1. The second kappa shape index (κ2) is 4.88. The molecule has 0 spiro atoms. The largest absolute Gasteiger partial charge is 0.368 e. The average Bonchev–Trinajstić information content (AvgIpc) is 3.12. The molecule has 2 aromatic rings. The fourth-order valence-electron chi connectivity index (χ4n) is 3.50. The molecule has 4 heteroatoms. The van der Waals surface area contributed by atoms with Crippen molar-refractivity contribution in [3.63, 3.8) is 0 Å². The van der Waals surface area contributed by atoms with E-state index in [9.17, 15) is 4.79 Å². The summed E-state index contributed by atoms with van der Waals surface area (Å²) in [6, 6.07) is 6.48. The van der Waals surface area contributed by atoms with E-state index >= 15 is 0 Å². The number of aromatic nitrogens is 1. The fourth-order valence-corrected chi connectivity index (χ4v) is 3.50. The van der Waals surface area contributed by atoms with Crippen molar-refractivity contribution in [1.29, 1.82) is 0 Å². The Morgan fingerprint density at radius 3 is 3.14 bits per heavy atom. The number of rotatable bonds is 1. The van der Waals surface area contributed by atoms with Gasteiger partial charge in [0.25, 0.3) is 5.91 Å². The van der Waals surface area contributed by atoms with Gasteiger partial charge in [-0.3, -0.25) is 4.79 Å². The number of ether oxygens (including phenoxy) is 1. The minimum atomic E-state index is -0.209. The number of hydrogen-bond acceptors (Lipinski definition) is 2. The van der Waals surface area contributed by atoms with Gasteiger partial charge >= 0.3 is 0 Å². The van der Waals surface area contributed by atoms with Crippen molar-refractivity contribution < 1.29 is 9.53 Å². The monoisotopic (exact) mass is 284 g/mol. The average molecular weight is 284 g/mol. The Morgan fingerprint density at radius 1 is 1.43 bits per heavy atom. The number of nitrogens with one attached hydrogen (secondary N) is 1. The van der Waals surface area contributed by atoms with E-state index in [1.54, 1.807) is 0 Å². The molecule has 0 radical (unpaired) electrons. The Hall–Kier alpha value is -1.81. The Bertz CT molecular complexity index is 698. The van der Waals surface area contributed by atoms with Crippen molar-refractivity contribution in [1.82, 2.24) is 9.88 Å². The summed E-state index contributed by atoms with van der Waals surface area (Å²) in [5.41, 5.74) is 5.01. The van der Waals surface area contributed by atoms with Crippen LogP contribution in [0.5, 0.6) is 0 Å². The van der Waals surface area contributed by atoms with Crippen LogP contribution in [0.4, 0.5) is 0 Å². The number of fused-ring (bicyclic) bond motifs is 3. The lowest BCUT2D eigenvalue weighted by Crippen LogP contribution is -2.41. The van der Waals surface area contributed by atoms with E-state index < -0.39 is 0 Å². The molecule has 1 aromatic carbocycles. The Morgan fingerprint density at radius 2 is 2.33 bits per heavy atom. The van der Waals surface area contributed by atoms with Gasteiger partial charge in [0.15, 0.2) is 0 Å². The van der Waals surface area contributed by atoms with E-state index in [0.717, 1.165) is 32.4 Å². The van der Waals surface area contributed by atoms with Crippen LogP contribution in [-0.2, 0) is 22.5 Å². The smallest absolute Gasteiger partial charge is 0.252 e. The predicted molar refractivity (Wildman–Crippen MR) is 81.1 cm³/mol. The predicted octanol–water partition coefficient (Wildman–Crippen LogP) is 2.54. The van der Waals surface area contributed by atoms with Gasteiger partial charge in [-0.1, -0.05) is 12.1 Å². The molecule has 1 N–H and O–H groups in total. The van der Waals surface area contributed by atoms with Crippen molar-refractivity contribution in [2.45, 2.75) is 38.8 Å². The molecular formula is C17H20N2O2. The molecule has 1 saturated heterocycles. The second-order valence-corrected chi connectivity index (χ2v) is 6.14. The highest BCUT2D eigenvalue weighted by Gasteiger charge is 2.31. The van der Waals surface area contributed by atoms with Crippen LogP contribution in [0.15, 0.2) is 18.2 Å². The van der Waals surface area contributed by atoms with Crippen molar-refractivity contribution in [2.75, 3.05) is 13.2 Å². The summed E-state index contributed by atoms with van der Waals surface area (Å²) in [4.78, 5) is 18.0. The molecule has 2 aliphatic rings. The van der Waals surface area contributed by atoms with Crippen LogP contribution in [0.3, 0.4) is 0 Å². The number of H-pyrrole nitrogens is 1. The van der Waals surface area contributed by atoms with Crippen molar-refractivity contribution in [3.05, 3.63) is 35.0 Å². The molecule has 1 amide bonds. The standard InChI is InChI=1S/C17H20N2O2/c1-11-4-5-12-13-10-19(17(20)16-3-2-8-21-16)7-6-14(13)18-15(12)9-11/h4-5,9,16,18H,2-3,6-8,10H2,1H3. The first kappa shape index (κ1) is 12.9. The molecule has 0 bridgehead atoms. The number of carbonyl (C=O) groups is 1. The van der Waals surface area contributed by atoms with Gasteiger partial charge in [-0.15, -0.1) is 0 Å². The Labute approximate surface area is 124 Å². The number of amides is 1. The second-order valence-electron chi connectivity index (χ2n) is 6.14. The first-order valence-corrected chi connectivity index (χ1v) is 7.73. The van der Waals surface area contributed by atoms with E-state index in [0.29, 0.717) is 6.54 Å². The zero-order valence-corrected chi connectivity index (χ0v) is 12.3. The lowest BCUT2D eigenvalue weighted by molar-refractivity contribution is -0.141. The molecule has 110 valence electrons. The van der Waals surface area contributed by atoms with Gasteiger partial charge in [0, 0.05) is 48.3 Å². The first-order valence-electron chi connectivity index (χ1n) is 7.73. The fraction of sp³-hybridized carbons (Fsp3) is 0.471. The summed E-state index contributed by atoms with van der Waals surface area (Å²) in [6.07, 6.45) is 2.57. The molecule has 1 unspecified atom stereocenters. The molecule has 0 aliphatic carbocycles. The summed E-state index contributed by atoms with van der Waals surface area (Å²) in [5.74, 6) is 0.166. The summed E-state index contributed by atoms with van der Waals surface area (Å²) >= 11 is 0. The Balaban J connectivity index is 1.64. The molecule has 2 aliphatic heterocycles. The summed E-state index contributed by atoms with van der Waals surface area (Å²) in [6.45, 7) is 4.32. The van der Waals surface area contributed by atoms with Crippen molar-refractivity contribution in [3.8, 4) is 0 Å². The highest BCUT2D eigenvalue weighted by molar-refractivity contribution is 5.87. The SMILES string of the molecule is Cc1ccc2c3c([nH]c2c1)CCN(C(=O)C1CCCO1)C3. The third-order valence-electron chi connectivity index (χ3n) is 4.65. The number of aryl methyl sites for hydroxylation is 1. The highest BCUT2D eigenvalue weighted by atomic mass is 16.5. The Kier molecular flexibility index (Phi) is 3.00. The van der Waals surface area contributed by atoms with Crippen LogP contribution in [0.25, 0.3) is 10.9 Å². The number of hydrogen-bond donors (Lipinski definition) is 1. The molecule has 1 atom stereocenters. The van der Waals surface area contributed by atoms with Crippen LogP contribution in [0.2, 0.25) is 0 Å². The molecule has 1 aromatic heterocycles. The minimum absolute atomic E-state index is 0.166. The highest BCUT2D eigenvalue weighted by Crippen LogP contribution is 2.29. The van der Waals surface area contributed by atoms with Crippen LogP contribution >= 0.6 is 0 Å². The van der Waals surface area contributed by atoms with E-state index in [-0.39, 0.29) is 12.0 Å². The van der Waals surface area contributed by atoms with E-state index in [1.165, 1.54) is 27.7 Å². The third kappa shape index (κ3) is 2.14. The topological polar surface area (TPSA) is 45.3 Å². The van der Waals surface area contributed by atoms with Crippen LogP contribution in [0, 0.1) is 6.92 Å². The number of aromatic amines is 1.